The number of rotatable bonds is 3. The highest BCUT2D eigenvalue weighted by Gasteiger charge is 2.34. The van der Waals surface area contributed by atoms with E-state index >= 15 is 0 Å². The maximum Gasteiger partial charge on any atom is 0.307 e. The van der Waals surface area contributed by atoms with Crippen LogP contribution in [-0.4, -0.2) is 29.8 Å². The van der Waals surface area contributed by atoms with Gasteiger partial charge in [0, 0.05) is 24.2 Å². The van der Waals surface area contributed by atoms with Crippen LogP contribution in [0.1, 0.15) is 18.0 Å². The van der Waals surface area contributed by atoms with Gasteiger partial charge in [-0.05, 0) is 22.4 Å². The Balaban J connectivity index is 2.38. The molecule has 1 aliphatic heterocycles. The summed E-state index contributed by atoms with van der Waals surface area (Å²) in [6.07, 6.45) is 0.290. The van der Waals surface area contributed by atoms with E-state index in [4.69, 9.17) is 9.84 Å². The summed E-state index contributed by atoms with van der Waals surface area (Å²) in [5, 5.41) is 21.5. The van der Waals surface area contributed by atoms with Crippen molar-refractivity contribution >= 4 is 21.9 Å². The van der Waals surface area contributed by atoms with Gasteiger partial charge in [-0.3, -0.25) is 4.79 Å². The van der Waals surface area contributed by atoms with E-state index in [2.05, 4.69) is 21.2 Å². The molecule has 1 aromatic carbocycles. The zero-order chi connectivity index (χ0) is 14.2. The number of carboxylic acids is 1. The third kappa shape index (κ3) is 2.52. The highest BCUT2D eigenvalue weighted by atomic mass is 79.9. The summed E-state index contributed by atoms with van der Waals surface area (Å²) in [6, 6.07) is 0.541. The molecule has 19 heavy (non-hydrogen) atoms. The number of hydrogen-bond donors (Lipinski definition) is 3. The van der Waals surface area contributed by atoms with Crippen molar-refractivity contribution in [2.24, 2.45) is 5.92 Å². The van der Waals surface area contributed by atoms with Crippen molar-refractivity contribution in [1.82, 2.24) is 5.32 Å². The fourth-order valence-corrected chi connectivity index (χ4v) is 3.09. The predicted molar refractivity (Wildman–Crippen MR) is 68.8 cm³/mol. The summed E-state index contributed by atoms with van der Waals surface area (Å²) < 4.78 is 19.3. The fourth-order valence-electron chi connectivity index (χ4n) is 2.26. The Morgan fingerprint density at radius 3 is 2.84 bits per heavy atom. The van der Waals surface area contributed by atoms with Gasteiger partial charge in [0.25, 0.3) is 0 Å². The first-order valence-corrected chi connectivity index (χ1v) is 6.46. The second-order valence-corrected chi connectivity index (χ2v) is 5.16. The van der Waals surface area contributed by atoms with Crippen molar-refractivity contribution in [3.05, 3.63) is 21.9 Å². The van der Waals surface area contributed by atoms with Crippen molar-refractivity contribution in [1.29, 1.82) is 0 Å². The van der Waals surface area contributed by atoms with Gasteiger partial charge in [-0.2, -0.15) is 0 Å². The summed E-state index contributed by atoms with van der Waals surface area (Å²) in [6.45, 7) is 0.287. The summed E-state index contributed by atoms with van der Waals surface area (Å²) in [5.41, 5.74) is 0.276. The van der Waals surface area contributed by atoms with E-state index in [0.29, 0.717) is 10.9 Å². The molecule has 7 heteroatoms. The van der Waals surface area contributed by atoms with Gasteiger partial charge in [0.1, 0.15) is 5.82 Å². The number of ether oxygens (including phenoxy) is 1. The number of carbonyl (C=O) groups is 1. The first-order valence-electron chi connectivity index (χ1n) is 5.66. The van der Waals surface area contributed by atoms with E-state index in [1.807, 2.05) is 0 Å². The zero-order valence-electron chi connectivity index (χ0n) is 10.1. The van der Waals surface area contributed by atoms with E-state index in [-0.39, 0.29) is 23.6 Å². The molecule has 0 spiro atoms. The number of methoxy groups -OCH3 is 1. The van der Waals surface area contributed by atoms with Crippen LogP contribution in [0.3, 0.4) is 0 Å². The van der Waals surface area contributed by atoms with Gasteiger partial charge in [-0.25, -0.2) is 4.39 Å². The number of phenolic OH excluding ortho intramolecular Hbond substituents is 1. The van der Waals surface area contributed by atoms with Gasteiger partial charge in [-0.1, -0.05) is 0 Å². The molecule has 0 radical (unpaired) electrons. The second kappa shape index (κ2) is 5.34. The van der Waals surface area contributed by atoms with Crippen molar-refractivity contribution in [2.75, 3.05) is 13.7 Å². The average molecular weight is 334 g/mol. The first-order chi connectivity index (χ1) is 8.95. The number of nitrogens with one attached hydrogen (secondary N) is 1. The Kier molecular flexibility index (Phi) is 3.96. The molecule has 2 rings (SSSR count). The number of phenols is 1. The summed E-state index contributed by atoms with van der Waals surface area (Å²) >= 11 is 3.20. The minimum atomic E-state index is -0.905. The number of carboxylic acid groups (broad SMARTS) is 1. The molecule has 5 nitrogen and oxygen atoms in total. The average Bonchev–Trinajstić information content (AvgIpc) is 2.78. The molecule has 0 bridgehead atoms. The van der Waals surface area contributed by atoms with E-state index < -0.39 is 23.7 Å². The molecule has 0 aliphatic carbocycles. The lowest BCUT2D eigenvalue weighted by molar-refractivity contribution is -0.141. The first kappa shape index (κ1) is 14.1. The molecule has 1 aromatic rings. The Bertz CT molecular complexity index is 523. The Hall–Kier alpha value is -1.34. The standard InChI is InChI=1S/C12H13BrFNO4/c1-19-11-8(16)3-6(14)9(10(11)13)7-2-5(4-15-7)12(17)18/h3,5,7,15-16H,2,4H2,1H3,(H,17,18). The number of benzene rings is 1. The van der Waals surface area contributed by atoms with Gasteiger partial charge in [0.2, 0.25) is 0 Å². The largest absolute Gasteiger partial charge is 0.504 e. The Morgan fingerprint density at radius 1 is 1.63 bits per heavy atom. The van der Waals surface area contributed by atoms with E-state index in [1.165, 1.54) is 7.11 Å². The van der Waals surface area contributed by atoms with Crippen molar-refractivity contribution in [2.45, 2.75) is 12.5 Å². The smallest absolute Gasteiger partial charge is 0.307 e. The molecule has 0 aromatic heterocycles. The topological polar surface area (TPSA) is 78.8 Å². The SMILES string of the molecule is COc1c(O)cc(F)c(C2CC(C(=O)O)CN2)c1Br. The minimum Gasteiger partial charge on any atom is -0.504 e. The molecule has 1 fully saturated rings. The van der Waals surface area contributed by atoms with Crippen LogP contribution < -0.4 is 10.1 Å². The lowest BCUT2D eigenvalue weighted by atomic mass is 9.99. The summed E-state index contributed by atoms with van der Waals surface area (Å²) in [7, 11) is 1.36. The number of aromatic hydroxyl groups is 1. The van der Waals surface area contributed by atoms with Crippen LogP contribution in [-0.2, 0) is 4.79 Å². The van der Waals surface area contributed by atoms with Crippen molar-refractivity contribution in [3.63, 3.8) is 0 Å². The predicted octanol–water partition coefficient (Wildman–Crippen LogP) is 2.04. The van der Waals surface area contributed by atoms with E-state index in [9.17, 15) is 14.3 Å². The molecule has 104 valence electrons. The zero-order valence-corrected chi connectivity index (χ0v) is 11.7. The molecule has 2 atom stereocenters. The van der Waals surface area contributed by atoms with Crippen LogP contribution in [0.4, 0.5) is 4.39 Å². The van der Waals surface area contributed by atoms with Gasteiger partial charge in [0.15, 0.2) is 11.5 Å². The van der Waals surface area contributed by atoms with Crippen LogP contribution >= 0.6 is 15.9 Å². The van der Waals surface area contributed by atoms with Crippen LogP contribution in [0.5, 0.6) is 11.5 Å². The van der Waals surface area contributed by atoms with Crippen molar-refractivity contribution < 1.29 is 24.1 Å². The molecule has 2 unspecified atom stereocenters. The molecule has 1 heterocycles. The quantitative estimate of drug-likeness (QED) is 0.788. The fraction of sp³-hybridized carbons (Fsp3) is 0.417. The summed E-state index contributed by atoms with van der Waals surface area (Å²) in [4.78, 5) is 10.9. The number of hydrogen-bond acceptors (Lipinski definition) is 4. The monoisotopic (exact) mass is 333 g/mol. The van der Waals surface area contributed by atoms with Crippen LogP contribution in [0, 0.1) is 11.7 Å². The third-order valence-electron chi connectivity index (χ3n) is 3.22. The Labute approximate surface area is 117 Å². The van der Waals surface area contributed by atoms with E-state index in [1.54, 1.807) is 0 Å². The van der Waals surface area contributed by atoms with Crippen LogP contribution in [0.25, 0.3) is 0 Å². The molecule has 1 aliphatic rings. The molecule has 0 saturated carbocycles. The lowest BCUT2D eigenvalue weighted by Gasteiger charge is -2.17. The van der Waals surface area contributed by atoms with Crippen molar-refractivity contribution in [3.8, 4) is 11.5 Å². The van der Waals surface area contributed by atoms with E-state index in [0.717, 1.165) is 6.07 Å². The van der Waals surface area contributed by atoms with Crippen LogP contribution in [0.2, 0.25) is 0 Å². The number of aliphatic carboxylic acids is 1. The second-order valence-electron chi connectivity index (χ2n) is 4.37. The Morgan fingerprint density at radius 2 is 2.32 bits per heavy atom. The molecule has 1 saturated heterocycles. The highest BCUT2D eigenvalue weighted by molar-refractivity contribution is 9.10. The molecular weight excluding hydrogens is 321 g/mol. The van der Waals surface area contributed by atoms with Gasteiger partial charge < -0.3 is 20.3 Å². The summed E-state index contributed by atoms with van der Waals surface area (Å²) in [5.74, 6) is -2.22. The highest BCUT2D eigenvalue weighted by Crippen LogP contribution is 2.43. The van der Waals surface area contributed by atoms with Crippen LogP contribution in [0.15, 0.2) is 10.5 Å². The number of halogens is 2. The normalized spacial score (nSPS) is 22.5. The molecule has 0 amide bonds. The lowest BCUT2D eigenvalue weighted by Crippen LogP contribution is -2.18. The van der Waals surface area contributed by atoms with Gasteiger partial charge >= 0.3 is 5.97 Å². The third-order valence-corrected chi connectivity index (χ3v) is 4.01. The van der Waals surface area contributed by atoms with Gasteiger partial charge in [-0.15, -0.1) is 0 Å². The minimum absolute atomic E-state index is 0.136. The maximum absolute atomic E-state index is 14.0. The van der Waals surface area contributed by atoms with Gasteiger partial charge in [0.05, 0.1) is 17.5 Å². The molecular formula is C12H13BrFNO4. The maximum atomic E-state index is 14.0. The molecule has 3 N–H and O–H groups in total.